The summed E-state index contributed by atoms with van der Waals surface area (Å²) < 4.78 is 4.18. The molecule has 6 heteroatoms. The van der Waals surface area contributed by atoms with Crippen LogP contribution in [0.4, 0.5) is 5.69 Å². The number of benzene rings is 1. The van der Waals surface area contributed by atoms with E-state index in [0.717, 1.165) is 0 Å². The Labute approximate surface area is 114 Å². The summed E-state index contributed by atoms with van der Waals surface area (Å²) in [6.45, 7) is -0.00516. The molecule has 1 N–H and O–H groups in total. The van der Waals surface area contributed by atoms with Crippen molar-refractivity contribution < 1.29 is 9.53 Å². The lowest BCUT2D eigenvalue weighted by Gasteiger charge is -2.06. The third kappa shape index (κ3) is 3.06. The fraction of sp³-hybridized carbons (Fsp3) is 0.333. The van der Waals surface area contributed by atoms with Gasteiger partial charge in [0.25, 0.3) is 0 Å². The van der Waals surface area contributed by atoms with Crippen LogP contribution in [0.3, 0.4) is 0 Å². The largest absolute Gasteiger partial charge is 0.479 e. The van der Waals surface area contributed by atoms with Gasteiger partial charge in [-0.15, -0.1) is 23.2 Å². The number of carbonyl (C=O) groups excluding carboxylic acids is 1. The van der Waals surface area contributed by atoms with E-state index in [-0.39, 0.29) is 18.4 Å². The minimum atomic E-state index is -0.917. The van der Waals surface area contributed by atoms with Gasteiger partial charge in [-0.25, -0.2) is 0 Å². The maximum atomic E-state index is 11.7. The number of nitriles is 1. The molecule has 0 spiro atoms. The van der Waals surface area contributed by atoms with Crippen LogP contribution in [-0.2, 0) is 4.79 Å². The fourth-order valence-electron chi connectivity index (χ4n) is 1.48. The van der Waals surface area contributed by atoms with E-state index in [9.17, 15) is 4.79 Å². The second kappa shape index (κ2) is 5.05. The highest BCUT2D eigenvalue weighted by molar-refractivity contribution is 6.52. The van der Waals surface area contributed by atoms with E-state index in [1.165, 1.54) is 0 Å². The number of hydrogen-bond donors (Lipinski definition) is 1. The third-order valence-electron chi connectivity index (χ3n) is 2.57. The second-order valence-electron chi connectivity index (χ2n) is 3.98. The molecule has 0 radical (unpaired) electrons. The molecule has 0 bridgehead atoms. The Kier molecular flexibility index (Phi) is 3.65. The summed E-state index contributed by atoms with van der Waals surface area (Å²) in [5, 5.41) is 11.1. The molecule has 1 aromatic carbocycles. The molecule has 0 aliphatic heterocycles. The predicted octanol–water partition coefficient (Wildman–Crippen LogP) is 2.72. The van der Waals surface area contributed by atoms with Crippen molar-refractivity contribution in [1.29, 1.82) is 5.26 Å². The number of amides is 1. The van der Waals surface area contributed by atoms with E-state index in [1.54, 1.807) is 24.3 Å². The van der Waals surface area contributed by atoms with Gasteiger partial charge < -0.3 is 10.1 Å². The van der Waals surface area contributed by atoms with Crippen molar-refractivity contribution in [2.75, 3.05) is 11.9 Å². The van der Waals surface area contributed by atoms with E-state index in [1.807, 2.05) is 6.07 Å². The van der Waals surface area contributed by atoms with E-state index >= 15 is 0 Å². The number of hydrogen-bond acceptors (Lipinski definition) is 3. The second-order valence-corrected chi connectivity index (χ2v) is 5.52. The number of carbonyl (C=O) groups is 1. The summed E-state index contributed by atoms with van der Waals surface area (Å²) >= 11 is 11.6. The van der Waals surface area contributed by atoms with Crippen LogP contribution in [0.5, 0.6) is 5.75 Å². The Bertz CT molecular complexity index is 494. The molecule has 0 heterocycles. The highest BCUT2D eigenvalue weighted by atomic mass is 35.5. The average molecular weight is 285 g/mol. The number of alkyl halides is 2. The lowest BCUT2D eigenvalue weighted by molar-refractivity contribution is -0.117. The van der Waals surface area contributed by atoms with E-state index < -0.39 is 4.33 Å². The normalized spacial score (nSPS) is 19.7. The van der Waals surface area contributed by atoms with Crippen molar-refractivity contribution in [3.63, 3.8) is 0 Å². The molecule has 1 aliphatic carbocycles. The van der Waals surface area contributed by atoms with Gasteiger partial charge in [0.15, 0.2) is 6.61 Å². The maximum Gasteiger partial charge on any atom is 0.230 e. The van der Waals surface area contributed by atoms with Gasteiger partial charge in [-0.2, -0.15) is 5.26 Å². The van der Waals surface area contributed by atoms with Gasteiger partial charge in [-0.3, -0.25) is 4.79 Å². The van der Waals surface area contributed by atoms with Gasteiger partial charge in [0, 0.05) is 5.69 Å². The highest BCUT2D eigenvalue weighted by Crippen LogP contribution is 2.53. The molecule has 1 saturated carbocycles. The Morgan fingerprint density at radius 2 is 2.11 bits per heavy atom. The van der Waals surface area contributed by atoms with Crippen molar-refractivity contribution in [3.8, 4) is 11.8 Å². The molecule has 1 amide bonds. The standard InChI is InChI=1S/C12H10Cl2N2O2/c13-12(14)7-10(12)11(17)16-8-1-3-9(4-2-8)18-6-5-15/h1-4,10H,6-7H2,(H,16,17). The molecule has 1 fully saturated rings. The molecule has 1 aliphatic rings. The summed E-state index contributed by atoms with van der Waals surface area (Å²) in [6.07, 6.45) is 0.477. The van der Waals surface area contributed by atoms with Gasteiger partial charge in [0.2, 0.25) is 5.91 Å². The fourth-order valence-corrected chi connectivity index (χ4v) is 1.98. The van der Waals surface area contributed by atoms with Crippen LogP contribution in [-0.4, -0.2) is 16.8 Å². The van der Waals surface area contributed by atoms with Crippen molar-refractivity contribution in [2.24, 2.45) is 5.92 Å². The molecular formula is C12H10Cl2N2O2. The summed E-state index contributed by atoms with van der Waals surface area (Å²) in [5.41, 5.74) is 0.639. The first-order valence-corrected chi connectivity index (χ1v) is 6.07. The summed E-state index contributed by atoms with van der Waals surface area (Å²) in [5.74, 6) is 0.0334. The Morgan fingerprint density at radius 3 is 2.61 bits per heavy atom. The molecule has 1 aromatic rings. The van der Waals surface area contributed by atoms with E-state index in [2.05, 4.69) is 5.32 Å². The van der Waals surface area contributed by atoms with Crippen molar-refractivity contribution in [1.82, 2.24) is 0 Å². The summed E-state index contributed by atoms with van der Waals surface area (Å²) in [7, 11) is 0. The maximum absolute atomic E-state index is 11.7. The van der Waals surface area contributed by atoms with Crippen LogP contribution in [0, 0.1) is 17.2 Å². The van der Waals surface area contributed by atoms with Crippen LogP contribution in [0.25, 0.3) is 0 Å². The first-order chi connectivity index (χ1) is 8.53. The number of ether oxygens (including phenoxy) is 1. The van der Waals surface area contributed by atoms with E-state index in [0.29, 0.717) is 17.9 Å². The van der Waals surface area contributed by atoms with Crippen LogP contribution in [0.15, 0.2) is 24.3 Å². The zero-order valence-electron chi connectivity index (χ0n) is 9.32. The van der Waals surface area contributed by atoms with Gasteiger partial charge in [-0.05, 0) is 30.7 Å². The van der Waals surface area contributed by atoms with Gasteiger partial charge >= 0.3 is 0 Å². The number of rotatable bonds is 4. The van der Waals surface area contributed by atoms with Crippen LogP contribution in [0.2, 0.25) is 0 Å². The monoisotopic (exact) mass is 284 g/mol. The molecule has 4 nitrogen and oxygen atoms in total. The molecule has 0 aromatic heterocycles. The Morgan fingerprint density at radius 1 is 1.50 bits per heavy atom. The SMILES string of the molecule is N#CCOc1ccc(NC(=O)C2CC2(Cl)Cl)cc1. The zero-order valence-corrected chi connectivity index (χ0v) is 10.8. The van der Waals surface area contributed by atoms with Crippen molar-refractivity contribution in [2.45, 2.75) is 10.8 Å². The Hall–Kier alpha value is -1.44. The van der Waals surface area contributed by atoms with Crippen LogP contribution < -0.4 is 10.1 Å². The number of nitrogens with one attached hydrogen (secondary N) is 1. The number of anilines is 1. The van der Waals surface area contributed by atoms with Gasteiger partial charge in [0.05, 0.1) is 5.92 Å². The first kappa shape index (κ1) is 13.0. The molecule has 94 valence electrons. The molecule has 1 unspecified atom stereocenters. The predicted molar refractivity (Wildman–Crippen MR) is 68.7 cm³/mol. The first-order valence-electron chi connectivity index (χ1n) is 5.31. The van der Waals surface area contributed by atoms with Crippen molar-refractivity contribution >= 4 is 34.8 Å². The van der Waals surface area contributed by atoms with E-state index in [4.69, 9.17) is 33.2 Å². The van der Waals surface area contributed by atoms with Crippen LogP contribution in [0.1, 0.15) is 6.42 Å². The lowest BCUT2D eigenvalue weighted by atomic mass is 10.3. The van der Waals surface area contributed by atoms with Crippen molar-refractivity contribution in [3.05, 3.63) is 24.3 Å². The Balaban J connectivity index is 1.91. The zero-order chi connectivity index (χ0) is 13.2. The molecule has 2 rings (SSSR count). The summed E-state index contributed by atoms with van der Waals surface area (Å²) in [4.78, 5) is 11.7. The minimum absolute atomic E-state index is 0.00516. The van der Waals surface area contributed by atoms with Gasteiger partial charge in [0.1, 0.15) is 16.2 Å². The average Bonchev–Trinajstić information content (AvgIpc) is 2.98. The lowest BCUT2D eigenvalue weighted by Crippen LogP contribution is -2.16. The highest BCUT2D eigenvalue weighted by Gasteiger charge is 2.56. The molecule has 18 heavy (non-hydrogen) atoms. The minimum Gasteiger partial charge on any atom is -0.479 e. The smallest absolute Gasteiger partial charge is 0.230 e. The number of halogens is 2. The molecule has 1 atom stereocenters. The molecule has 0 saturated heterocycles. The van der Waals surface area contributed by atoms with Crippen LogP contribution >= 0.6 is 23.2 Å². The summed E-state index contributed by atoms with van der Waals surface area (Å²) in [6, 6.07) is 8.61. The quantitative estimate of drug-likeness (QED) is 0.865. The topological polar surface area (TPSA) is 62.1 Å². The number of nitrogens with zero attached hydrogens (tertiary/aromatic N) is 1. The molecular weight excluding hydrogens is 275 g/mol. The third-order valence-corrected chi connectivity index (χ3v) is 3.40. The van der Waals surface area contributed by atoms with Gasteiger partial charge in [-0.1, -0.05) is 0 Å².